The molecule has 0 aliphatic carbocycles. The Morgan fingerprint density at radius 1 is 0.826 bits per heavy atom. The number of hydrogen-bond donors (Lipinski definition) is 1. The van der Waals surface area contributed by atoms with Crippen LogP contribution in [-0.2, 0) is 5.67 Å². The van der Waals surface area contributed by atoms with E-state index in [2.05, 4.69) is 0 Å². The van der Waals surface area contributed by atoms with Crippen molar-refractivity contribution in [3.63, 3.8) is 0 Å². The summed E-state index contributed by atoms with van der Waals surface area (Å²) in [6, 6.07) is 9.56. The number of ether oxygens (including phenoxy) is 1. The third-order valence-electron chi connectivity index (χ3n) is 3.13. The molecule has 0 bridgehead atoms. The molecule has 23 heavy (non-hydrogen) atoms. The second kappa shape index (κ2) is 6.02. The molecule has 2 aromatic rings. The van der Waals surface area contributed by atoms with Crippen molar-refractivity contribution in [3.05, 3.63) is 54.1 Å². The summed E-state index contributed by atoms with van der Waals surface area (Å²) < 4.78 is 83.9. The van der Waals surface area contributed by atoms with Gasteiger partial charge in [0, 0.05) is 5.56 Å². The number of benzene rings is 2. The van der Waals surface area contributed by atoms with Crippen LogP contribution in [0, 0.1) is 0 Å². The zero-order valence-electron chi connectivity index (χ0n) is 11.4. The van der Waals surface area contributed by atoms with Crippen LogP contribution in [0.2, 0.25) is 0 Å². The standard InChI is InChI=1S/C15H11F6NO/c16-13(17)14(18,15(19,20)21)9-5-1-3-7-11(9)23-12-8-4-2-6-10(12)22/h1-8,13H,22H2. The summed E-state index contributed by atoms with van der Waals surface area (Å²) in [5.41, 5.74) is -0.519. The number of hydrogen-bond acceptors (Lipinski definition) is 2. The summed E-state index contributed by atoms with van der Waals surface area (Å²) >= 11 is 0. The molecule has 0 aromatic heterocycles. The van der Waals surface area contributed by atoms with Gasteiger partial charge in [0.1, 0.15) is 11.5 Å². The average Bonchev–Trinajstić information content (AvgIpc) is 2.48. The fraction of sp³-hybridized carbons (Fsp3) is 0.200. The van der Waals surface area contributed by atoms with Crippen LogP contribution in [0.25, 0.3) is 0 Å². The molecule has 0 saturated heterocycles. The minimum atomic E-state index is -5.82. The summed E-state index contributed by atoms with van der Waals surface area (Å²) in [6.07, 6.45) is -10.1. The van der Waals surface area contributed by atoms with E-state index in [0.29, 0.717) is 6.07 Å². The van der Waals surface area contributed by atoms with Crippen LogP contribution in [-0.4, -0.2) is 12.6 Å². The fourth-order valence-corrected chi connectivity index (χ4v) is 1.94. The molecule has 1 atom stereocenters. The van der Waals surface area contributed by atoms with E-state index in [9.17, 15) is 26.3 Å². The number of nitrogens with two attached hydrogens (primary N) is 1. The summed E-state index contributed by atoms with van der Waals surface area (Å²) in [6.45, 7) is 0. The Hall–Kier alpha value is -2.38. The van der Waals surface area contributed by atoms with Crippen molar-refractivity contribution in [2.24, 2.45) is 0 Å². The van der Waals surface area contributed by atoms with E-state index in [1.165, 1.54) is 24.3 Å². The highest BCUT2D eigenvalue weighted by molar-refractivity contribution is 5.54. The van der Waals surface area contributed by atoms with Crippen LogP contribution in [0.1, 0.15) is 5.56 Å². The average molecular weight is 335 g/mol. The maximum atomic E-state index is 14.2. The van der Waals surface area contributed by atoms with Gasteiger partial charge in [0.05, 0.1) is 5.69 Å². The lowest BCUT2D eigenvalue weighted by molar-refractivity contribution is -0.274. The maximum absolute atomic E-state index is 14.2. The van der Waals surface area contributed by atoms with E-state index in [-0.39, 0.29) is 11.4 Å². The van der Waals surface area contributed by atoms with E-state index in [1.54, 1.807) is 6.07 Å². The van der Waals surface area contributed by atoms with Gasteiger partial charge in [-0.1, -0.05) is 30.3 Å². The molecule has 2 rings (SSSR count). The molecule has 0 saturated carbocycles. The van der Waals surface area contributed by atoms with Gasteiger partial charge in [-0.05, 0) is 18.2 Å². The van der Waals surface area contributed by atoms with Crippen molar-refractivity contribution in [2.45, 2.75) is 18.3 Å². The molecule has 2 N–H and O–H groups in total. The van der Waals surface area contributed by atoms with E-state index >= 15 is 0 Å². The number of anilines is 1. The molecular weight excluding hydrogens is 324 g/mol. The van der Waals surface area contributed by atoms with Crippen LogP contribution in [0.3, 0.4) is 0 Å². The predicted octanol–water partition coefficient (Wildman–Crippen LogP) is 5.05. The summed E-state index contributed by atoms with van der Waals surface area (Å²) in [4.78, 5) is 0. The van der Waals surface area contributed by atoms with Crippen molar-refractivity contribution >= 4 is 5.69 Å². The molecule has 8 heteroatoms. The first-order chi connectivity index (χ1) is 10.7. The number of nitrogen functional groups attached to an aromatic ring is 1. The van der Waals surface area contributed by atoms with Crippen LogP contribution in [0.15, 0.2) is 48.5 Å². The highest BCUT2D eigenvalue weighted by atomic mass is 19.4. The predicted molar refractivity (Wildman–Crippen MR) is 72.2 cm³/mol. The summed E-state index contributed by atoms with van der Waals surface area (Å²) in [5, 5.41) is 0. The van der Waals surface area contributed by atoms with Gasteiger partial charge in [-0.3, -0.25) is 0 Å². The minimum Gasteiger partial charge on any atom is -0.455 e. The van der Waals surface area contributed by atoms with Gasteiger partial charge >= 0.3 is 6.18 Å². The lowest BCUT2D eigenvalue weighted by atomic mass is 9.94. The first kappa shape index (κ1) is 17.0. The van der Waals surface area contributed by atoms with Crippen molar-refractivity contribution in [2.75, 3.05) is 5.73 Å². The van der Waals surface area contributed by atoms with E-state index in [1.807, 2.05) is 0 Å². The molecule has 0 aliphatic rings. The quantitative estimate of drug-likeness (QED) is 0.627. The van der Waals surface area contributed by atoms with Crippen molar-refractivity contribution in [3.8, 4) is 11.5 Å². The van der Waals surface area contributed by atoms with Gasteiger partial charge in [-0.25, -0.2) is 13.2 Å². The Bertz CT molecular complexity index is 688. The first-order valence-corrected chi connectivity index (χ1v) is 6.33. The van der Waals surface area contributed by atoms with Crippen LogP contribution in [0.4, 0.5) is 32.0 Å². The SMILES string of the molecule is Nc1ccccc1Oc1ccccc1C(F)(C(F)F)C(F)(F)F. The van der Waals surface area contributed by atoms with Crippen molar-refractivity contribution in [1.82, 2.24) is 0 Å². The molecule has 124 valence electrons. The zero-order chi connectivity index (χ0) is 17.3. The molecule has 2 aromatic carbocycles. The van der Waals surface area contributed by atoms with Crippen LogP contribution in [0.5, 0.6) is 11.5 Å². The molecule has 0 fully saturated rings. The van der Waals surface area contributed by atoms with E-state index in [4.69, 9.17) is 10.5 Å². The van der Waals surface area contributed by atoms with Gasteiger partial charge in [0.25, 0.3) is 12.1 Å². The monoisotopic (exact) mass is 335 g/mol. The molecule has 0 heterocycles. The van der Waals surface area contributed by atoms with Gasteiger partial charge in [0.2, 0.25) is 0 Å². The Morgan fingerprint density at radius 2 is 1.35 bits per heavy atom. The van der Waals surface area contributed by atoms with Gasteiger partial charge < -0.3 is 10.5 Å². The Kier molecular flexibility index (Phi) is 4.44. The molecule has 0 aliphatic heterocycles. The normalized spacial score (nSPS) is 14.6. The minimum absolute atomic E-state index is 0.0656. The van der Waals surface area contributed by atoms with E-state index in [0.717, 1.165) is 12.1 Å². The largest absolute Gasteiger partial charge is 0.455 e. The second-order valence-electron chi connectivity index (χ2n) is 4.65. The topological polar surface area (TPSA) is 35.2 Å². The summed E-state index contributed by atoms with van der Waals surface area (Å²) in [7, 11) is 0. The zero-order valence-corrected chi connectivity index (χ0v) is 11.4. The van der Waals surface area contributed by atoms with Gasteiger partial charge in [-0.2, -0.15) is 13.2 Å². The smallest absolute Gasteiger partial charge is 0.432 e. The molecule has 0 amide bonds. The number of halogens is 6. The van der Waals surface area contributed by atoms with Crippen molar-refractivity contribution in [1.29, 1.82) is 0 Å². The Labute approximate surface area is 127 Å². The Balaban J connectivity index is 2.55. The fourth-order valence-electron chi connectivity index (χ4n) is 1.94. The maximum Gasteiger partial charge on any atom is 0.432 e. The summed E-state index contributed by atoms with van der Waals surface area (Å²) in [5.74, 6) is -0.760. The second-order valence-corrected chi connectivity index (χ2v) is 4.65. The van der Waals surface area contributed by atoms with Gasteiger partial charge in [0.15, 0.2) is 0 Å². The van der Waals surface area contributed by atoms with Crippen molar-refractivity contribution < 1.29 is 31.1 Å². The lowest BCUT2D eigenvalue weighted by Gasteiger charge is -2.29. The molecule has 0 spiro atoms. The van der Waals surface area contributed by atoms with Crippen LogP contribution < -0.4 is 10.5 Å². The van der Waals surface area contributed by atoms with E-state index < -0.39 is 29.6 Å². The van der Waals surface area contributed by atoms with Crippen LogP contribution >= 0.6 is 0 Å². The number of para-hydroxylation sites is 3. The number of alkyl halides is 6. The third-order valence-corrected chi connectivity index (χ3v) is 3.13. The third kappa shape index (κ3) is 3.06. The molecule has 0 radical (unpaired) electrons. The highest BCUT2D eigenvalue weighted by Gasteiger charge is 2.65. The first-order valence-electron chi connectivity index (χ1n) is 6.33. The van der Waals surface area contributed by atoms with Gasteiger partial charge in [-0.15, -0.1) is 0 Å². The molecule has 1 unspecified atom stereocenters. The highest BCUT2D eigenvalue weighted by Crippen LogP contribution is 2.50. The lowest BCUT2D eigenvalue weighted by Crippen LogP contribution is -2.44. The molecular formula is C15H11F6NO. The number of rotatable bonds is 4. The molecule has 2 nitrogen and oxygen atoms in total. The Morgan fingerprint density at radius 3 is 1.87 bits per heavy atom.